The van der Waals surface area contributed by atoms with E-state index < -0.39 is 0 Å². The monoisotopic (exact) mass is 415 g/mol. The highest BCUT2D eigenvalue weighted by Gasteiger charge is 2.33. The lowest BCUT2D eigenvalue weighted by Crippen LogP contribution is -2.53. The highest BCUT2D eigenvalue weighted by molar-refractivity contribution is 7.98. The molecule has 1 saturated heterocycles. The Morgan fingerprint density at radius 1 is 1.41 bits per heavy atom. The lowest BCUT2D eigenvalue weighted by Gasteiger charge is -2.42. The van der Waals surface area contributed by atoms with Crippen LogP contribution in [0, 0.1) is 5.92 Å². The lowest BCUT2D eigenvalue weighted by atomic mass is 9.92. The summed E-state index contributed by atoms with van der Waals surface area (Å²) in [7, 11) is 3.80. The standard InChI is InChI=1S/C18H25N9OS/c1-11-6-8-27(18(28)23-16-22-17(29-4)24-26(16)3)9-13(11)25(2)15-12-5-7-19-14(12)20-10-21-15/h5,7,10-11,13H,6,8-9H2,1-4H3,(H,19,20,21)(H,22,23,24,28)/t11-,13+/m1/s1. The minimum absolute atomic E-state index is 0.142. The molecular weight excluding hydrogens is 390 g/mol. The molecule has 2 N–H and O–H groups in total. The third-order valence-electron chi connectivity index (χ3n) is 5.52. The van der Waals surface area contributed by atoms with Gasteiger partial charge in [0, 0.05) is 33.4 Å². The summed E-state index contributed by atoms with van der Waals surface area (Å²) in [5, 5.41) is 8.75. The summed E-state index contributed by atoms with van der Waals surface area (Å²) in [4.78, 5) is 33.1. The van der Waals surface area contributed by atoms with Crippen LogP contribution >= 0.6 is 11.8 Å². The predicted molar refractivity (Wildman–Crippen MR) is 113 cm³/mol. The van der Waals surface area contributed by atoms with E-state index in [9.17, 15) is 4.79 Å². The van der Waals surface area contributed by atoms with Gasteiger partial charge < -0.3 is 14.8 Å². The van der Waals surface area contributed by atoms with Crippen LogP contribution in [0.3, 0.4) is 0 Å². The molecule has 0 aromatic carbocycles. The minimum atomic E-state index is -0.159. The molecule has 3 aromatic heterocycles. The number of thioether (sulfide) groups is 1. The Bertz CT molecular complexity index is 1020. The molecule has 3 aromatic rings. The van der Waals surface area contributed by atoms with Gasteiger partial charge in [-0.3, -0.25) is 5.32 Å². The minimum Gasteiger partial charge on any atom is -0.354 e. The molecule has 1 aliphatic rings. The van der Waals surface area contributed by atoms with E-state index in [1.165, 1.54) is 11.8 Å². The molecule has 1 fully saturated rings. The average molecular weight is 416 g/mol. The molecule has 2 amide bonds. The van der Waals surface area contributed by atoms with E-state index in [4.69, 9.17) is 0 Å². The van der Waals surface area contributed by atoms with Gasteiger partial charge in [0.25, 0.3) is 0 Å². The number of likely N-dealkylation sites (tertiary alicyclic amines) is 1. The molecule has 0 aliphatic carbocycles. The first-order chi connectivity index (χ1) is 14.0. The van der Waals surface area contributed by atoms with Crippen molar-refractivity contribution in [2.45, 2.75) is 24.5 Å². The molecule has 1 aliphatic heterocycles. The van der Waals surface area contributed by atoms with Crippen LogP contribution in [0.25, 0.3) is 11.0 Å². The highest BCUT2D eigenvalue weighted by Crippen LogP contribution is 2.28. The fourth-order valence-corrected chi connectivity index (χ4v) is 4.15. The Morgan fingerprint density at radius 3 is 3.00 bits per heavy atom. The van der Waals surface area contributed by atoms with Gasteiger partial charge in [0.05, 0.1) is 11.4 Å². The summed E-state index contributed by atoms with van der Waals surface area (Å²) in [6.07, 6.45) is 6.26. The number of aryl methyl sites for hydroxylation is 1. The van der Waals surface area contributed by atoms with E-state index in [2.05, 4.69) is 42.2 Å². The summed E-state index contributed by atoms with van der Waals surface area (Å²) in [6.45, 7) is 3.53. The van der Waals surface area contributed by atoms with Gasteiger partial charge in [-0.1, -0.05) is 18.7 Å². The van der Waals surface area contributed by atoms with E-state index in [1.807, 2.05) is 30.5 Å². The van der Waals surface area contributed by atoms with Crippen molar-refractivity contribution in [2.24, 2.45) is 13.0 Å². The number of nitrogens with one attached hydrogen (secondary N) is 2. The molecule has 4 heterocycles. The number of aromatic amines is 1. The quantitative estimate of drug-likeness (QED) is 0.629. The number of aromatic nitrogens is 6. The summed E-state index contributed by atoms with van der Waals surface area (Å²) < 4.78 is 1.59. The van der Waals surface area contributed by atoms with Crippen molar-refractivity contribution in [3.05, 3.63) is 18.6 Å². The summed E-state index contributed by atoms with van der Waals surface area (Å²) in [5.74, 6) is 1.74. The smallest absolute Gasteiger partial charge is 0.324 e. The van der Waals surface area contributed by atoms with Crippen molar-refractivity contribution >= 4 is 40.6 Å². The van der Waals surface area contributed by atoms with Crippen LogP contribution in [0.2, 0.25) is 0 Å². The number of piperidine rings is 1. The maximum Gasteiger partial charge on any atom is 0.324 e. The SMILES string of the molecule is CSc1nc(NC(=O)N2CC[C@@H](C)[C@@H](N(C)c3ncnc4[nH]ccc34)C2)n(C)n1. The number of anilines is 2. The number of nitrogens with zero attached hydrogens (tertiary/aromatic N) is 7. The Hall–Kier alpha value is -2.82. The molecular formula is C18H25N9OS. The van der Waals surface area contributed by atoms with E-state index in [-0.39, 0.29) is 12.1 Å². The van der Waals surface area contributed by atoms with E-state index >= 15 is 0 Å². The molecule has 11 heteroatoms. The van der Waals surface area contributed by atoms with Crippen LogP contribution < -0.4 is 10.2 Å². The van der Waals surface area contributed by atoms with Crippen molar-refractivity contribution in [1.82, 2.24) is 34.6 Å². The number of H-pyrrole nitrogens is 1. The van der Waals surface area contributed by atoms with Crippen LogP contribution in [-0.4, -0.2) is 73.1 Å². The molecule has 2 atom stereocenters. The van der Waals surface area contributed by atoms with Crippen molar-refractivity contribution in [1.29, 1.82) is 0 Å². The Morgan fingerprint density at radius 2 is 2.24 bits per heavy atom. The van der Waals surface area contributed by atoms with Gasteiger partial charge in [-0.15, -0.1) is 5.10 Å². The second-order valence-electron chi connectivity index (χ2n) is 7.30. The van der Waals surface area contributed by atoms with Crippen molar-refractivity contribution < 1.29 is 4.79 Å². The van der Waals surface area contributed by atoms with E-state index in [1.54, 1.807) is 18.1 Å². The van der Waals surface area contributed by atoms with Gasteiger partial charge >= 0.3 is 6.03 Å². The second kappa shape index (κ2) is 7.90. The van der Waals surface area contributed by atoms with Crippen molar-refractivity contribution in [3.63, 3.8) is 0 Å². The number of hydrogen-bond donors (Lipinski definition) is 2. The summed E-state index contributed by atoms with van der Waals surface area (Å²) in [6, 6.07) is 1.97. The van der Waals surface area contributed by atoms with Crippen molar-refractivity contribution in [2.75, 3.05) is 36.6 Å². The zero-order valence-electron chi connectivity index (χ0n) is 17.0. The van der Waals surface area contributed by atoms with Gasteiger partial charge in [0.15, 0.2) is 0 Å². The second-order valence-corrected chi connectivity index (χ2v) is 8.08. The van der Waals surface area contributed by atoms with Crippen LogP contribution in [0.5, 0.6) is 0 Å². The number of rotatable bonds is 4. The Kier molecular flexibility index (Phi) is 5.31. The maximum absolute atomic E-state index is 12.9. The van der Waals surface area contributed by atoms with Gasteiger partial charge in [-0.25, -0.2) is 19.4 Å². The molecule has 10 nitrogen and oxygen atoms in total. The predicted octanol–water partition coefficient (Wildman–Crippen LogP) is 2.19. The third kappa shape index (κ3) is 3.74. The molecule has 0 radical (unpaired) electrons. The Labute approximate surface area is 173 Å². The molecule has 0 saturated carbocycles. The number of amides is 2. The first-order valence-electron chi connectivity index (χ1n) is 9.49. The molecule has 4 rings (SSSR count). The van der Waals surface area contributed by atoms with Crippen LogP contribution in [0.1, 0.15) is 13.3 Å². The van der Waals surface area contributed by atoms with Crippen LogP contribution in [0.15, 0.2) is 23.7 Å². The largest absolute Gasteiger partial charge is 0.354 e. The van der Waals surface area contributed by atoms with Crippen LogP contribution in [-0.2, 0) is 7.05 Å². The number of carbonyl (C=O) groups is 1. The normalized spacial score (nSPS) is 19.5. The zero-order chi connectivity index (χ0) is 20.5. The Balaban J connectivity index is 1.51. The molecule has 0 unspecified atom stereocenters. The fourth-order valence-electron chi connectivity index (χ4n) is 3.77. The van der Waals surface area contributed by atoms with Crippen molar-refractivity contribution in [3.8, 4) is 0 Å². The van der Waals surface area contributed by atoms with Gasteiger partial charge in [-0.2, -0.15) is 4.98 Å². The summed E-state index contributed by atoms with van der Waals surface area (Å²) in [5.41, 5.74) is 0.812. The molecule has 154 valence electrons. The lowest BCUT2D eigenvalue weighted by molar-refractivity contribution is 0.172. The number of hydrogen-bond acceptors (Lipinski definition) is 7. The fraction of sp³-hybridized carbons (Fsp3) is 0.500. The third-order valence-corrected chi connectivity index (χ3v) is 6.05. The van der Waals surface area contributed by atoms with Gasteiger partial charge in [0.1, 0.15) is 17.8 Å². The number of likely N-dealkylation sites (N-methyl/N-ethyl adjacent to an activating group) is 1. The first-order valence-corrected chi connectivity index (χ1v) is 10.7. The summed E-state index contributed by atoms with van der Waals surface area (Å²) >= 11 is 1.44. The number of fused-ring (bicyclic) bond motifs is 1. The highest BCUT2D eigenvalue weighted by atomic mass is 32.2. The maximum atomic E-state index is 12.9. The average Bonchev–Trinajstić information content (AvgIpc) is 3.34. The topological polar surface area (TPSA) is 108 Å². The molecule has 0 spiro atoms. The first kappa shape index (κ1) is 19.5. The van der Waals surface area contributed by atoms with Gasteiger partial charge in [0.2, 0.25) is 11.1 Å². The van der Waals surface area contributed by atoms with Crippen LogP contribution in [0.4, 0.5) is 16.6 Å². The zero-order valence-corrected chi connectivity index (χ0v) is 17.8. The van der Waals surface area contributed by atoms with Gasteiger partial charge in [-0.05, 0) is 24.7 Å². The van der Waals surface area contributed by atoms with E-state index in [0.29, 0.717) is 30.1 Å². The molecule has 29 heavy (non-hydrogen) atoms. The number of urea groups is 1. The number of carbonyl (C=O) groups excluding carboxylic acids is 1. The van der Waals surface area contributed by atoms with E-state index in [0.717, 1.165) is 23.3 Å². The molecule has 0 bridgehead atoms.